The molecule has 0 radical (unpaired) electrons. The largest absolute Gasteiger partial charge is 0.476 e. The molecule has 0 unspecified atom stereocenters. The number of nitrogens with zero attached hydrogens (tertiary/aromatic N) is 2. The molecule has 1 aliphatic rings. The normalized spacial score (nSPS) is 16.3. The Bertz CT molecular complexity index is 851. The van der Waals surface area contributed by atoms with Gasteiger partial charge in [0.15, 0.2) is 0 Å². The summed E-state index contributed by atoms with van der Waals surface area (Å²) >= 11 is 0. The Morgan fingerprint density at radius 2 is 1.88 bits per heavy atom. The number of aliphatic carboxylic acids is 1. The standard InChI is InChI=1S/C18H16F4N2O2/c19-15(17(25)26)14-3-1-2-12-10-23-24(16(12)14)9-8-11-4-6-13(7-5-11)18(20,21)22/h4-7,10H,1-3,8-9H2,(H,25,26). The molecule has 26 heavy (non-hydrogen) atoms. The van der Waals surface area contributed by atoms with Crippen LogP contribution in [-0.4, -0.2) is 20.9 Å². The molecule has 0 bridgehead atoms. The highest BCUT2D eigenvalue weighted by atomic mass is 19.4. The molecule has 138 valence electrons. The fourth-order valence-corrected chi connectivity index (χ4v) is 3.14. The third kappa shape index (κ3) is 3.63. The molecule has 0 amide bonds. The molecule has 0 spiro atoms. The number of benzene rings is 1. The third-order valence-corrected chi connectivity index (χ3v) is 4.42. The number of carboxylic acid groups (broad SMARTS) is 1. The van der Waals surface area contributed by atoms with Crippen molar-refractivity contribution >= 4 is 11.5 Å². The second-order valence-corrected chi connectivity index (χ2v) is 6.14. The first-order valence-corrected chi connectivity index (χ1v) is 8.10. The van der Waals surface area contributed by atoms with Crippen LogP contribution in [0.15, 0.2) is 36.3 Å². The fraction of sp³-hybridized carbons (Fsp3) is 0.333. The van der Waals surface area contributed by atoms with Gasteiger partial charge in [-0.1, -0.05) is 12.1 Å². The Morgan fingerprint density at radius 1 is 1.19 bits per heavy atom. The van der Waals surface area contributed by atoms with Crippen LogP contribution in [0.2, 0.25) is 0 Å². The number of hydrogen-bond donors (Lipinski definition) is 1. The summed E-state index contributed by atoms with van der Waals surface area (Å²) in [5.74, 6) is -2.79. The first-order chi connectivity index (χ1) is 12.3. The van der Waals surface area contributed by atoms with E-state index in [0.29, 0.717) is 43.5 Å². The number of aromatic nitrogens is 2. The molecule has 8 heteroatoms. The van der Waals surface area contributed by atoms with Crippen molar-refractivity contribution in [3.8, 4) is 0 Å². The maximum atomic E-state index is 14.0. The summed E-state index contributed by atoms with van der Waals surface area (Å²) in [4.78, 5) is 11.0. The topological polar surface area (TPSA) is 55.1 Å². The Kier molecular flexibility index (Phi) is 4.84. The monoisotopic (exact) mass is 368 g/mol. The fourth-order valence-electron chi connectivity index (χ4n) is 3.14. The van der Waals surface area contributed by atoms with Gasteiger partial charge in [0.1, 0.15) is 0 Å². The van der Waals surface area contributed by atoms with Crippen LogP contribution in [0, 0.1) is 0 Å². The van der Waals surface area contributed by atoms with E-state index >= 15 is 0 Å². The van der Waals surface area contributed by atoms with E-state index in [-0.39, 0.29) is 5.57 Å². The van der Waals surface area contributed by atoms with E-state index in [0.717, 1.165) is 17.7 Å². The molecule has 1 aromatic heterocycles. The zero-order valence-corrected chi connectivity index (χ0v) is 13.7. The highest BCUT2D eigenvalue weighted by Crippen LogP contribution is 2.34. The van der Waals surface area contributed by atoms with Gasteiger partial charge in [0.2, 0.25) is 5.83 Å². The van der Waals surface area contributed by atoms with Crippen LogP contribution in [0.1, 0.15) is 35.2 Å². The van der Waals surface area contributed by atoms with E-state index in [1.54, 1.807) is 6.20 Å². The molecule has 0 aliphatic heterocycles. The number of alkyl halides is 3. The predicted molar refractivity (Wildman–Crippen MR) is 86.0 cm³/mol. The maximum Gasteiger partial charge on any atom is 0.416 e. The minimum absolute atomic E-state index is 0.128. The molecule has 1 aromatic carbocycles. The van der Waals surface area contributed by atoms with Gasteiger partial charge in [-0.3, -0.25) is 4.68 Å². The summed E-state index contributed by atoms with van der Waals surface area (Å²) in [6, 6.07) is 4.83. The molecule has 1 N–H and O–H groups in total. The van der Waals surface area contributed by atoms with Gasteiger partial charge in [-0.2, -0.15) is 22.7 Å². The number of halogens is 4. The van der Waals surface area contributed by atoms with E-state index in [1.165, 1.54) is 16.8 Å². The van der Waals surface area contributed by atoms with Crippen LogP contribution in [0.25, 0.3) is 5.57 Å². The van der Waals surface area contributed by atoms with Gasteiger partial charge in [-0.25, -0.2) is 4.79 Å². The minimum atomic E-state index is -4.38. The number of carboxylic acids is 1. The third-order valence-electron chi connectivity index (χ3n) is 4.42. The lowest BCUT2D eigenvalue weighted by Gasteiger charge is -2.18. The highest BCUT2D eigenvalue weighted by Gasteiger charge is 2.30. The molecule has 0 fully saturated rings. The number of hydrogen-bond acceptors (Lipinski definition) is 2. The molecule has 0 saturated heterocycles. The van der Waals surface area contributed by atoms with Gasteiger partial charge in [0.25, 0.3) is 0 Å². The molecule has 2 aromatic rings. The molecule has 3 rings (SSSR count). The summed E-state index contributed by atoms with van der Waals surface area (Å²) in [5, 5.41) is 13.1. The zero-order chi connectivity index (χ0) is 18.9. The van der Waals surface area contributed by atoms with Crippen molar-refractivity contribution < 1.29 is 27.5 Å². The van der Waals surface area contributed by atoms with Gasteiger partial charge in [-0.15, -0.1) is 0 Å². The summed E-state index contributed by atoms with van der Waals surface area (Å²) in [6.07, 6.45) is -0.741. The average molecular weight is 368 g/mol. The van der Waals surface area contributed by atoms with E-state index in [2.05, 4.69) is 5.10 Å². The summed E-state index contributed by atoms with van der Waals surface area (Å²) in [5.41, 5.74) is 1.36. The van der Waals surface area contributed by atoms with Gasteiger partial charge < -0.3 is 5.11 Å². The van der Waals surface area contributed by atoms with Gasteiger partial charge >= 0.3 is 12.1 Å². The van der Waals surface area contributed by atoms with Crippen molar-refractivity contribution in [3.05, 3.63) is 58.7 Å². The summed E-state index contributed by atoms with van der Waals surface area (Å²) < 4.78 is 53.3. The number of aryl methyl sites for hydroxylation is 3. The predicted octanol–water partition coefficient (Wildman–Crippen LogP) is 4.25. The molecule has 0 saturated carbocycles. The Labute approximate surface area is 146 Å². The van der Waals surface area contributed by atoms with Crippen LogP contribution >= 0.6 is 0 Å². The van der Waals surface area contributed by atoms with Crippen molar-refractivity contribution in [2.75, 3.05) is 0 Å². The maximum absolute atomic E-state index is 14.0. The molecular formula is C18H16F4N2O2. The van der Waals surface area contributed by atoms with Gasteiger partial charge in [0.05, 0.1) is 17.5 Å². The van der Waals surface area contributed by atoms with E-state index in [1.807, 2.05) is 0 Å². The second-order valence-electron chi connectivity index (χ2n) is 6.14. The van der Waals surface area contributed by atoms with Crippen molar-refractivity contribution in [3.63, 3.8) is 0 Å². The van der Waals surface area contributed by atoms with Crippen LogP contribution in [-0.2, 0) is 30.4 Å². The molecular weight excluding hydrogens is 352 g/mol. The van der Waals surface area contributed by atoms with Gasteiger partial charge in [-0.05, 0) is 48.9 Å². The van der Waals surface area contributed by atoms with Crippen LogP contribution in [0.5, 0.6) is 0 Å². The first-order valence-electron chi connectivity index (χ1n) is 8.10. The molecule has 1 aliphatic carbocycles. The Morgan fingerprint density at radius 3 is 2.50 bits per heavy atom. The second kappa shape index (κ2) is 6.93. The molecule has 0 atom stereocenters. The quantitative estimate of drug-likeness (QED) is 0.649. The first kappa shape index (κ1) is 18.2. The van der Waals surface area contributed by atoms with Gasteiger partial charge in [0, 0.05) is 12.1 Å². The zero-order valence-electron chi connectivity index (χ0n) is 13.7. The minimum Gasteiger partial charge on any atom is -0.476 e. The Hall–Kier alpha value is -2.64. The Balaban J connectivity index is 1.81. The van der Waals surface area contributed by atoms with E-state index in [4.69, 9.17) is 5.11 Å². The molecule has 1 heterocycles. The number of fused-ring (bicyclic) bond motifs is 1. The van der Waals surface area contributed by atoms with Crippen LogP contribution in [0.3, 0.4) is 0 Å². The molecule has 4 nitrogen and oxygen atoms in total. The lowest BCUT2D eigenvalue weighted by molar-refractivity contribution is -0.137. The number of allylic oxidation sites excluding steroid dienone is 1. The highest BCUT2D eigenvalue weighted by molar-refractivity contribution is 5.94. The van der Waals surface area contributed by atoms with Crippen LogP contribution < -0.4 is 0 Å². The lowest BCUT2D eigenvalue weighted by Crippen LogP contribution is -2.13. The lowest BCUT2D eigenvalue weighted by atomic mass is 9.92. The van der Waals surface area contributed by atoms with Crippen molar-refractivity contribution in [2.45, 2.75) is 38.4 Å². The van der Waals surface area contributed by atoms with Crippen molar-refractivity contribution in [2.24, 2.45) is 0 Å². The van der Waals surface area contributed by atoms with E-state index < -0.39 is 23.5 Å². The SMILES string of the molecule is O=C(O)C(F)=C1CCCc2cnn(CCc3ccc(C(F)(F)F)cc3)c21. The smallest absolute Gasteiger partial charge is 0.416 e. The van der Waals surface area contributed by atoms with Crippen LogP contribution in [0.4, 0.5) is 17.6 Å². The number of carbonyl (C=O) groups is 1. The van der Waals surface area contributed by atoms with E-state index in [9.17, 15) is 22.4 Å². The summed E-state index contributed by atoms with van der Waals surface area (Å²) in [6.45, 7) is 0.317. The average Bonchev–Trinajstić information content (AvgIpc) is 3.02. The number of rotatable bonds is 4. The van der Waals surface area contributed by atoms with Crippen molar-refractivity contribution in [1.82, 2.24) is 9.78 Å². The summed E-state index contributed by atoms with van der Waals surface area (Å²) in [7, 11) is 0. The van der Waals surface area contributed by atoms with Crippen molar-refractivity contribution in [1.29, 1.82) is 0 Å².